The summed E-state index contributed by atoms with van der Waals surface area (Å²) in [6.07, 6.45) is 1.65. The molecule has 0 saturated carbocycles. The lowest BCUT2D eigenvalue weighted by Crippen LogP contribution is -2.55. The molecule has 0 atom stereocenters. The molecule has 2 aromatic carbocycles. The van der Waals surface area contributed by atoms with Crippen molar-refractivity contribution in [1.82, 2.24) is 10.2 Å². The Morgan fingerprint density at radius 3 is 2.37 bits per heavy atom. The van der Waals surface area contributed by atoms with Crippen molar-refractivity contribution in [3.63, 3.8) is 0 Å². The summed E-state index contributed by atoms with van der Waals surface area (Å²) in [6.45, 7) is 3.58. The van der Waals surface area contributed by atoms with Gasteiger partial charge in [-0.1, -0.05) is 24.3 Å². The molecule has 3 rings (SSSR count). The molecule has 6 nitrogen and oxygen atoms in total. The van der Waals surface area contributed by atoms with Crippen molar-refractivity contribution in [2.45, 2.75) is 25.3 Å². The molecule has 0 radical (unpaired) electrons. The first-order valence-corrected chi connectivity index (χ1v) is 10.0. The van der Waals surface area contributed by atoms with Crippen LogP contribution in [-0.2, 0) is 4.74 Å². The lowest BCUT2D eigenvalue weighted by molar-refractivity contribution is -0.00657. The standard InChI is InChI=1S/C23H28FN3O3/c1-16-7-6-9-18(20(16)26-22(29)17-8-4-5-10-19(17)24)21(28)25-15-23(27(2)3)11-13-30-14-12-23/h4-10H,11-15H2,1-3H3,(H,25,28)(H,26,29). The number of ether oxygens (including phenoxy) is 1. The average molecular weight is 413 g/mol. The molecule has 2 aromatic rings. The van der Waals surface area contributed by atoms with Gasteiger partial charge in [0.2, 0.25) is 0 Å². The molecule has 30 heavy (non-hydrogen) atoms. The zero-order valence-corrected chi connectivity index (χ0v) is 17.6. The Morgan fingerprint density at radius 1 is 1.03 bits per heavy atom. The second-order valence-electron chi connectivity index (χ2n) is 7.85. The number of anilines is 1. The molecule has 1 aliphatic rings. The number of benzene rings is 2. The van der Waals surface area contributed by atoms with Crippen molar-refractivity contribution in [2.24, 2.45) is 0 Å². The van der Waals surface area contributed by atoms with Crippen molar-refractivity contribution < 1.29 is 18.7 Å². The third-order valence-electron chi connectivity index (χ3n) is 5.82. The monoisotopic (exact) mass is 413 g/mol. The van der Waals surface area contributed by atoms with E-state index in [0.29, 0.717) is 31.0 Å². The highest BCUT2D eigenvalue weighted by atomic mass is 19.1. The van der Waals surface area contributed by atoms with E-state index in [9.17, 15) is 14.0 Å². The van der Waals surface area contributed by atoms with Gasteiger partial charge in [-0.15, -0.1) is 0 Å². The number of amides is 2. The van der Waals surface area contributed by atoms with Crippen LogP contribution in [0.15, 0.2) is 42.5 Å². The quantitative estimate of drug-likeness (QED) is 0.763. The van der Waals surface area contributed by atoms with E-state index in [4.69, 9.17) is 4.74 Å². The third-order valence-corrected chi connectivity index (χ3v) is 5.82. The maximum absolute atomic E-state index is 14.0. The molecule has 0 spiro atoms. The number of hydrogen-bond acceptors (Lipinski definition) is 4. The second kappa shape index (κ2) is 9.36. The maximum atomic E-state index is 14.0. The molecule has 2 N–H and O–H groups in total. The van der Waals surface area contributed by atoms with Gasteiger partial charge in [-0.05, 0) is 57.6 Å². The minimum absolute atomic E-state index is 0.0686. The summed E-state index contributed by atoms with van der Waals surface area (Å²) in [5.74, 6) is -1.48. The van der Waals surface area contributed by atoms with Crippen LogP contribution in [0.25, 0.3) is 0 Å². The highest BCUT2D eigenvalue weighted by molar-refractivity contribution is 6.09. The number of aryl methyl sites for hydroxylation is 1. The van der Waals surface area contributed by atoms with Crippen LogP contribution < -0.4 is 10.6 Å². The topological polar surface area (TPSA) is 70.7 Å². The smallest absolute Gasteiger partial charge is 0.258 e. The second-order valence-corrected chi connectivity index (χ2v) is 7.85. The Hall–Kier alpha value is -2.77. The molecule has 7 heteroatoms. The van der Waals surface area contributed by atoms with Crippen LogP contribution >= 0.6 is 0 Å². The first-order chi connectivity index (χ1) is 14.3. The molecule has 1 fully saturated rings. The summed E-state index contributed by atoms with van der Waals surface area (Å²) in [5.41, 5.74) is 1.21. The summed E-state index contributed by atoms with van der Waals surface area (Å²) in [5, 5.41) is 5.74. The molecular weight excluding hydrogens is 385 g/mol. The Labute approximate surface area is 176 Å². The molecule has 0 aromatic heterocycles. The van der Waals surface area contributed by atoms with Crippen LogP contribution in [0.1, 0.15) is 39.1 Å². The number of hydrogen-bond donors (Lipinski definition) is 2. The van der Waals surface area contributed by atoms with Gasteiger partial charge in [0, 0.05) is 25.3 Å². The van der Waals surface area contributed by atoms with Crippen molar-refractivity contribution >= 4 is 17.5 Å². The number of carbonyl (C=O) groups excluding carboxylic acids is 2. The predicted molar refractivity (Wildman–Crippen MR) is 114 cm³/mol. The molecule has 0 aliphatic carbocycles. The number of nitrogens with zero attached hydrogens (tertiary/aromatic N) is 1. The van der Waals surface area contributed by atoms with E-state index >= 15 is 0 Å². The fourth-order valence-corrected chi connectivity index (χ4v) is 3.72. The highest BCUT2D eigenvalue weighted by Gasteiger charge is 2.35. The van der Waals surface area contributed by atoms with E-state index < -0.39 is 11.7 Å². The van der Waals surface area contributed by atoms with Crippen LogP contribution in [-0.4, -0.2) is 56.1 Å². The fourth-order valence-electron chi connectivity index (χ4n) is 3.72. The molecule has 160 valence electrons. The third kappa shape index (κ3) is 4.68. The van der Waals surface area contributed by atoms with Gasteiger partial charge in [-0.3, -0.25) is 9.59 Å². The number of rotatable bonds is 6. The number of carbonyl (C=O) groups is 2. The van der Waals surface area contributed by atoms with Gasteiger partial charge in [-0.2, -0.15) is 0 Å². The van der Waals surface area contributed by atoms with Gasteiger partial charge in [0.25, 0.3) is 11.8 Å². The van der Waals surface area contributed by atoms with Crippen LogP contribution in [0.4, 0.5) is 10.1 Å². The van der Waals surface area contributed by atoms with E-state index in [1.807, 2.05) is 14.1 Å². The van der Waals surface area contributed by atoms with Gasteiger partial charge < -0.3 is 20.3 Å². The summed E-state index contributed by atoms with van der Waals surface area (Å²) in [4.78, 5) is 27.8. The fraction of sp³-hybridized carbons (Fsp3) is 0.391. The Balaban J connectivity index is 1.79. The van der Waals surface area contributed by atoms with Gasteiger partial charge in [0.1, 0.15) is 5.82 Å². The SMILES string of the molecule is Cc1cccc(C(=O)NCC2(N(C)C)CCOCC2)c1NC(=O)c1ccccc1F. The van der Waals surface area contributed by atoms with Crippen molar-refractivity contribution in [3.8, 4) is 0 Å². The molecule has 1 aliphatic heterocycles. The van der Waals surface area contributed by atoms with Gasteiger partial charge in [0.05, 0.1) is 16.8 Å². The summed E-state index contributed by atoms with van der Waals surface area (Å²) in [6, 6.07) is 11.0. The van der Waals surface area contributed by atoms with Gasteiger partial charge in [0.15, 0.2) is 0 Å². The highest BCUT2D eigenvalue weighted by Crippen LogP contribution is 2.26. The molecule has 1 heterocycles. The average Bonchev–Trinajstić information content (AvgIpc) is 2.74. The summed E-state index contributed by atoms with van der Waals surface area (Å²) >= 11 is 0. The van der Waals surface area contributed by atoms with Gasteiger partial charge in [-0.25, -0.2) is 4.39 Å². The van der Waals surface area contributed by atoms with Crippen LogP contribution in [0.2, 0.25) is 0 Å². The number of likely N-dealkylation sites (N-methyl/N-ethyl adjacent to an activating group) is 1. The number of halogens is 1. The lowest BCUT2D eigenvalue weighted by Gasteiger charge is -2.42. The summed E-state index contributed by atoms with van der Waals surface area (Å²) in [7, 11) is 4.01. The van der Waals surface area contributed by atoms with Crippen molar-refractivity contribution in [3.05, 3.63) is 65.0 Å². The van der Waals surface area contributed by atoms with E-state index in [1.165, 1.54) is 18.2 Å². The predicted octanol–water partition coefficient (Wildman–Crippen LogP) is 3.23. The van der Waals surface area contributed by atoms with Crippen molar-refractivity contribution in [1.29, 1.82) is 0 Å². The molecule has 0 unspecified atom stereocenters. The minimum Gasteiger partial charge on any atom is -0.381 e. The summed E-state index contributed by atoms with van der Waals surface area (Å²) < 4.78 is 19.5. The van der Waals surface area contributed by atoms with Crippen LogP contribution in [0.5, 0.6) is 0 Å². The Bertz CT molecular complexity index is 924. The zero-order chi connectivity index (χ0) is 21.7. The van der Waals surface area contributed by atoms with E-state index in [2.05, 4.69) is 15.5 Å². The van der Waals surface area contributed by atoms with E-state index in [0.717, 1.165) is 18.4 Å². The van der Waals surface area contributed by atoms with E-state index in [1.54, 1.807) is 31.2 Å². The number of para-hydroxylation sites is 1. The van der Waals surface area contributed by atoms with Crippen LogP contribution in [0, 0.1) is 12.7 Å². The van der Waals surface area contributed by atoms with Crippen molar-refractivity contribution in [2.75, 3.05) is 39.2 Å². The number of nitrogens with one attached hydrogen (secondary N) is 2. The Kier molecular flexibility index (Phi) is 6.84. The lowest BCUT2D eigenvalue weighted by atomic mass is 9.88. The van der Waals surface area contributed by atoms with Crippen LogP contribution in [0.3, 0.4) is 0 Å². The molecular formula is C23H28FN3O3. The molecule has 1 saturated heterocycles. The maximum Gasteiger partial charge on any atom is 0.258 e. The van der Waals surface area contributed by atoms with E-state index in [-0.39, 0.29) is 17.0 Å². The molecule has 0 bridgehead atoms. The first kappa shape index (κ1) is 21.9. The zero-order valence-electron chi connectivity index (χ0n) is 17.6. The van der Waals surface area contributed by atoms with Gasteiger partial charge >= 0.3 is 0 Å². The Morgan fingerprint density at radius 2 is 1.70 bits per heavy atom. The largest absolute Gasteiger partial charge is 0.381 e. The molecule has 2 amide bonds. The minimum atomic E-state index is -0.609. The normalized spacial score (nSPS) is 15.6. The first-order valence-electron chi connectivity index (χ1n) is 10.0.